The van der Waals surface area contributed by atoms with E-state index in [2.05, 4.69) is 20.6 Å². The number of aromatic nitrogens is 4. The minimum atomic E-state index is -0.127. The fraction of sp³-hybridized carbons (Fsp3) is 0. The van der Waals surface area contributed by atoms with Gasteiger partial charge in [-0.1, -0.05) is 24.3 Å². The lowest BCUT2D eigenvalue weighted by molar-refractivity contribution is 0.103. The van der Waals surface area contributed by atoms with Crippen molar-refractivity contribution in [3.8, 4) is 11.3 Å². The van der Waals surface area contributed by atoms with E-state index in [0.29, 0.717) is 17.0 Å². The number of carbonyl (C=O) groups is 1. The van der Waals surface area contributed by atoms with Crippen LogP contribution >= 0.6 is 0 Å². The maximum absolute atomic E-state index is 11.7. The van der Waals surface area contributed by atoms with Gasteiger partial charge in [-0.2, -0.15) is 0 Å². The predicted molar refractivity (Wildman–Crippen MR) is 46.5 cm³/mol. The highest BCUT2D eigenvalue weighted by atomic mass is 16.1. The molecule has 0 spiro atoms. The molecule has 2 aromatic rings. The van der Waals surface area contributed by atoms with Crippen LogP contribution in [0.25, 0.3) is 11.3 Å². The molecule has 0 fully saturated rings. The molecule has 5 heteroatoms. The Kier molecular flexibility index (Phi) is 1.25. The van der Waals surface area contributed by atoms with Crippen molar-refractivity contribution in [2.24, 2.45) is 0 Å². The third-order valence-electron chi connectivity index (χ3n) is 2.20. The van der Waals surface area contributed by atoms with Gasteiger partial charge in [-0.3, -0.25) is 4.79 Å². The fourth-order valence-electron chi connectivity index (χ4n) is 1.57. The number of ketones is 1. The van der Waals surface area contributed by atoms with E-state index in [1.54, 1.807) is 6.07 Å². The molecule has 3 rings (SSSR count). The highest BCUT2D eigenvalue weighted by Crippen LogP contribution is 2.31. The maximum Gasteiger partial charge on any atom is 0.216 e. The second-order valence-corrected chi connectivity index (χ2v) is 2.95. The molecule has 0 unspecified atom stereocenters. The standard InChI is InChI=1S/C9H4N4O/c14-9-6-4-2-1-3-5(6)7-8(9)11-13-12-10-7/h1-4H. The Morgan fingerprint density at radius 2 is 1.50 bits per heavy atom. The fourth-order valence-corrected chi connectivity index (χ4v) is 1.57. The molecular weight excluding hydrogens is 180 g/mol. The van der Waals surface area contributed by atoms with E-state index in [4.69, 9.17) is 0 Å². The Balaban J connectivity index is 2.42. The van der Waals surface area contributed by atoms with E-state index < -0.39 is 0 Å². The van der Waals surface area contributed by atoms with Gasteiger partial charge in [0, 0.05) is 11.1 Å². The first-order valence-corrected chi connectivity index (χ1v) is 4.08. The van der Waals surface area contributed by atoms with Gasteiger partial charge in [0.25, 0.3) is 0 Å². The lowest BCUT2D eigenvalue weighted by atomic mass is 10.1. The van der Waals surface area contributed by atoms with Crippen LogP contribution in [0.15, 0.2) is 24.3 Å². The third-order valence-corrected chi connectivity index (χ3v) is 2.20. The number of carbonyl (C=O) groups excluding carboxylic acids is 1. The smallest absolute Gasteiger partial charge is 0.216 e. The first kappa shape index (κ1) is 7.25. The summed E-state index contributed by atoms with van der Waals surface area (Å²) in [6.45, 7) is 0. The molecule has 0 radical (unpaired) electrons. The van der Waals surface area contributed by atoms with Crippen molar-refractivity contribution in [1.29, 1.82) is 0 Å². The van der Waals surface area contributed by atoms with Crippen molar-refractivity contribution in [3.63, 3.8) is 0 Å². The van der Waals surface area contributed by atoms with Crippen LogP contribution in [0, 0.1) is 0 Å². The van der Waals surface area contributed by atoms with Crippen LogP contribution in [0.5, 0.6) is 0 Å². The molecule has 0 N–H and O–H groups in total. The number of hydrogen-bond acceptors (Lipinski definition) is 5. The van der Waals surface area contributed by atoms with Crippen LogP contribution in [0.4, 0.5) is 0 Å². The first-order valence-electron chi connectivity index (χ1n) is 4.08. The second kappa shape index (κ2) is 2.41. The van der Waals surface area contributed by atoms with Gasteiger partial charge in [-0.15, -0.1) is 10.2 Å². The van der Waals surface area contributed by atoms with E-state index in [1.165, 1.54) is 0 Å². The number of nitrogens with zero attached hydrogens (tertiary/aromatic N) is 4. The Morgan fingerprint density at radius 1 is 0.857 bits per heavy atom. The molecule has 1 aliphatic rings. The summed E-state index contributed by atoms with van der Waals surface area (Å²) in [7, 11) is 0. The van der Waals surface area contributed by atoms with Gasteiger partial charge >= 0.3 is 0 Å². The molecule has 1 aromatic heterocycles. The van der Waals surface area contributed by atoms with Crippen LogP contribution in [0.1, 0.15) is 16.1 Å². The number of rotatable bonds is 0. The summed E-state index contributed by atoms with van der Waals surface area (Å²) in [5.74, 6) is -0.127. The SMILES string of the molecule is O=C1c2ccccc2-c2nnnnc21. The summed E-state index contributed by atoms with van der Waals surface area (Å²) in [4.78, 5) is 11.7. The lowest BCUT2D eigenvalue weighted by Crippen LogP contribution is -2.02. The molecule has 0 aliphatic heterocycles. The van der Waals surface area contributed by atoms with Crippen molar-refractivity contribution in [3.05, 3.63) is 35.5 Å². The Hall–Kier alpha value is -2.17. The molecular formula is C9H4N4O. The lowest BCUT2D eigenvalue weighted by Gasteiger charge is -1.93. The normalized spacial score (nSPS) is 12.4. The molecule has 0 bridgehead atoms. The van der Waals surface area contributed by atoms with Crippen LogP contribution in [-0.2, 0) is 0 Å². The van der Waals surface area contributed by atoms with Crippen molar-refractivity contribution >= 4 is 5.78 Å². The summed E-state index contributed by atoms with van der Waals surface area (Å²) in [5.41, 5.74) is 2.23. The molecule has 0 saturated carbocycles. The second-order valence-electron chi connectivity index (χ2n) is 2.95. The minimum absolute atomic E-state index is 0.127. The molecule has 0 atom stereocenters. The Morgan fingerprint density at radius 3 is 2.29 bits per heavy atom. The van der Waals surface area contributed by atoms with Crippen molar-refractivity contribution in [2.45, 2.75) is 0 Å². The zero-order chi connectivity index (χ0) is 9.54. The summed E-state index contributed by atoms with van der Waals surface area (Å²) in [6, 6.07) is 7.24. The van der Waals surface area contributed by atoms with Crippen LogP contribution in [0.3, 0.4) is 0 Å². The van der Waals surface area contributed by atoms with Gasteiger partial charge in [-0.05, 0) is 10.4 Å². The zero-order valence-corrected chi connectivity index (χ0v) is 7.01. The van der Waals surface area contributed by atoms with E-state index >= 15 is 0 Å². The van der Waals surface area contributed by atoms with E-state index in [1.807, 2.05) is 18.2 Å². The number of fused-ring (bicyclic) bond motifs is 3. The molecule has 14 heavy (non-hydrogen) atoms. The molecule has 1 aliphatic carbocycles. The van der Waals surface area contributed by atoms with E-state index in [-0.39, 0.29) is 5.78 Å². The minimum Gasteiger partial charge on any atom is -0.287 e. The summed E-state index contributed by atoms with van der Waals surface area (Å²) in [5, 5.41) is 14.3. The van der Waals surface area contributed by atoms with Gasteiger partial charge in [0.05, 0.1) is 0 Å². The van der Waals surface area contributed by atoms with Crippen LogP contribution in [-0.4, -0.2) is 26.4 Å². The molecule has 0 saturated heterocycles. The highest BCUT2D eigenvalue weighted by molar-refractivity contribution is 6.19. The van der Waals surface area contributed by atoms with Gasteiger partial charge in [0.1, 0.15) is 5.69 Å². The maximum atomic E-state index is 11.7. The Bertz CT molecular complexity index is 490. The zero-order valence-electron chi connectivity index (χ0n) is 7.01. The average molecular weight is 184 g/mol. The molecule has 1 heterocycles. The van der Waals surface area contributed by atoms with E-state index in [0.717, 1.165) is 5.56 Å². The molecule has 66 valence electrons. The number of hydrogen-bond donors (Lipinski definition) is 0. The van der Waals surface area contributed by atoms with Crippen molar-refractivity contribution in [2.75, 3.05) is 0 Å². The van der Waals surface area contributed by atoms with Gasteiger partial charge in [0.15, 0.2) is 5.69 Å². The van der Waals surface area contributed by atoms with Crippen LogP contribution in [0.2, 0.25) is 0 Å². The summed E-state index contributed by atoms with van der Waals surface area (Å²) in [6.07, 6.45) is 0. The quantitative estimate of drug-likeness (QED) is 0.508. The predicted octanol–water partition coefficient (Wildman–Crippen LogP) is 0.478. The highest BCUT2D eigenvalue weighted by Gasteiger charge is 2.29. The third kappa shape index (κ3) is 0.756. The van der Waals surface area contributed by atoms with Gasteiger partial charge in [0.2, 0.25) is 5.78 Å². The van der Waals surface area contributed by atoms with Gasteiger partial charge < -0.3 is 0 Å². The molecule has 5 nitrogen and oxygen atoms in total. The first-order chi connectivity index (χ1) is 6.88. The van der Waals surface area contributed by atoms with Crippen LogP contribution < -0.4 is 0 Å². The molecule has 1 aromatic carbocycles. The summed E-state index contributed by atoms with van der Waals surface area (Å²) < 4.78 is 0. The average Bonchev–Trinajstić information content (AvgIpc) is 2.55. The Labute approximate surface area is 78.8 Å². The largest absolute Gasteiger partial charge is 0.287 e. The van der Waals surface area contributed by atoms with E-state index in [9.17, 15) is 4.79 Å². The number of benzene rings is 1. The molecule has 0 amide bonds. The summed E-state index contributed by atoms with van der Waals surface area (Å²) >= 11 is 0. The topological polar surface area (TPSA) is 68.6 Å². The van der Waals surface area contributed by atoms with Crippen molar-refractivity contribution < 1.29 is 4.79 Å². The van der Waals surface area contributed by atoms with Gasteiger partial charge in [-0.25, -0.2) is 0 Å². The van der Waals surface area contributed by atoms with Crippen molar-refractivity contribution in [1.82, 2.24) is 20.6 Å². The monoisotopic (exact) mass is 184 g/mol.